The first-order valence-electron chi connectivity index (χ1n) is 8.91. The number of rotatable bonds is 8. The molecule has 0 aliphatic rings. The maximum absolute atomic E-state index is 12.7. The van der Waals surface area contributed by atoms with Crippen molar-refractivity contribution in [1.29, 1.82) is 0 Å². The van der Waals surface area contributed by atoms with Crippen LogP contribution < -0.4 is 14.8 Å². The standard InChI is InChI=1S/C22H19ClN2O4S/c1-2-13-29-18-8-6-7-16(14-18)24-22(26)20-15-17(11-12-21(20)23)25-30(27,28)19-9-4-3-5-10-19/h2-12,14-15,25H,1,13H2,(H,24,26). The van der Waals surface area contributed by atoms with Crippen molar-refractivity contribution in [2.24, 2.45) is 0 Å². The fourth-order valence-electron chi connectivity index (χ4n) is 2.59. The van der Waals surface area contributed by atoms with Crippen LogP contribution in [0.25, 0.3) is 0 Å². The zero-order chi connectivity index (χ0) is 21.6. The molecule has 30 heavy (non-hydrogen) atoms. The lowest BCUT2D eigenvalue weighted by molar-refractivity contribution is 0.102. The number of hydrogen-bond donors (Lipinski definition) is 2. The molecule has 6 nitrogen and oxygen atoms in total. The first kappa shape index (κ1) is 21.4. The third-order valence-electron chi connectivity index (χ3n) is 3.98. The molecule has 0 unspecified atom stereocenters. The summed E-state index contributed by atoms with van der Waals surface area (Å²) in [4.78, 5) is 12.8. The highest BCUT2D eigenvalue weighted by atomic mass is 35.5. The average molecular weight is 443 g/mol. The SMILES string of the molecule is C=CCOc1cccc(NC(=O)c2cc(NS(=O)(=O)c3ccccc3)ccc2Cl)c1. The second kappa shape index (κ2) is 9.47. The fraction of sp³-hybridized carbons (Fsp3) is 0.0455. The van der Waals surface area contributed by atoms with E-state index in [4.69, 9.17) is 16.3 Å². The summed E-state index contributed by atoms with van der Waals surface area (Å²) < 4.78 is 32.9. The van der Waals surface area contributed by atoms with Crippen molar-refractivity contribution in [2.75, 3.05) is 16.6 Å². The molecule has 0 saturated carbocycles. The zero-order valence-corrected chi connectivity index (χ0v) is 17.4. The predicted molar refractivity (Wildman–Crippen MR) is 119 cm³/mol. The van der Waals surface area contributed by atoms with E-state index in [2.05, 4.69) is 16.6 Å². The van der Waals surface area contributed by atoms with Crippen LogP contribution in [-0.2, 0) is 10.0 Å². The Morgan fingerprint density at radius 3 is 2.50 bits per heavy atom. The Labute approximate surface area is 180 Å². The minimum atomic E-state index is -3.79. The molecule has 0 bridgehead atoms. The van der Waals surface area contributed by atoms with Crippen LogP contribution >= 0.6 is 11.6 Å². The van der Waals surface area contributed by atoms with Gasteiger partial charge in [-0.3, -0.25) is 9.52 Å². The third-order valence-corrected chi connectivity index (χ3v) is 5.70. The number of nitrogens with one attached hydrogen (secondary N) is 2. The fourth-order valence-corrected chi connectivity index (χ4v) is 3.87. The van der Waals surface area contributed by atoms with E-state index in [-0.39, 0.29) is 21.2 Å². The van der Waals surface area contributed by atoms with E-state index in [1.165, 1.54) is 30.3 Å². The molecule has 3 rings (SSSR count). The van der Waals surface area contributed by atoms with Gasteiger partial charge in [0.25, 0.3) is 15.9 Å². The smallest absolute Gasteiger partial charge is 0.261 e. The molecular formula is C22H19ClN2O4S. The first-order chi connectivity index (χ1) is 14.4. The Bertz CT molecular complexity index is 1160. The molecule has 2 N–H and O–H groups in total. The van der Waals surface area contributed by atoms with Gasteiger partial charge in [0.15, 0.2) is 0 Å². The van der Waals surface area contributed by atoms with E-state index in [0.717, 1.165) is 0 Å². The van der Waals surface area contributed by atoms with Crippen LogP contribution in [0.15, 0.2) is 90.3 Å². The van der Waals surface area contributed by atoms with Gasteiger partial charge >= 0.3 is 0 Å². The van der Waals surface area contributed by atoms with E-state index in [1.807, 2.05) is 0 Å². The quantitative estimate of drug-likeness (QED) is 0.483. The number of carbonyl (C=O) groups excluding carboxylic acids is 1. The van der Waals surface area contributed by atoms with Crippen molar-refractivity contribution in [2.45, 2.75) is 4.90 Å². The third kappa shape index (κ3) is 5.40. The van der Waals surface area contributed by atoms with Gasteiger partial charge in [0.1, 0.15) is 12.4 Å². The number of sulfonamides is 1. The van der Waals surface area contributed by atoms with Crippen LogP contribution in [0.1, 0.15) is 10.4 Å². The zero-order valence-electron chi connectivity index (χ0n) is 15.8. The number of hydrogen-bond acceptors (Lipinski definition) is 4. The molecule has 0 saturated heterocycles. The normalized spacial score (nSPS) is 10.8. The van der Waals surface area contributed by atoms with E-state index < -0.39 is 15.9 Å². The van der Waals surface area contributed by atoms with Crippen molar-refractivity contribution in [1.82, 2.24) is 0 Å². The maximum Gasteiger partial charge on any atom is 0.261 e. The van der Waals surface area contributed by atoms with Crippen LogP contribution in [0.4, 0.5) is 11.4 Å². The summed E-state index contributed by atoms with van der Waals surface area (Å²) in [5.41, 5.74) is 0.853. The maximum atomic E-state index is 12.7. The molecule has 0 spiro atoms. The summed E-state index contributed by atoms with van der Waals surface area (Å²) in [7, 11) is -3.79. The van der Waals surface area contributed by atoms with Crippen molar-refractivity contribution >= 4 is 38.9 Å². The van der Waals surface area contributed by atoms with Gasteiger partial charge in [0.05, 0.1) is 15.5 Å². The van der Waals surface area contributed by atoms with E-state index in [9.17, 15) is 13.2 Å². The van der Waals surface area contributed by atoms with Crippen LogP contribution in [0.5, 0.6) is 5.75 Å². The Morgan fingerprint density at radius 1 is 1.00 bits per heavy atom. The summed E-state index contributed by atoms with van der Waals surface area (Å²) in [6.07, 6.45) is 1.62. The number of ether oxygens (including phenoxy) is 1. The summed E-state index contributed by atoms with van der Waals surface area (Å²) in [6.45, 7) is 3.93. The number of amides is 1. The van der Waals surface area contributed by atoms with Crippen LogP contribution in [-0.4, -0.2) is 20.9 Å². The van der Waals surface area contributed by atoms with Gasteiger partial charge in [-0.1, -0.05) is 48.5 Å². The number of halogens is 1. The molecule has 0 radical (unpaired) electrons. The highest BCUT2D eigenvalue weighted by Gasteiger charge is 2.17. The van der Waals surface area contributed by atoms with Crippen LogP contribution in [0.3, 0.4) is 0 Å². The Hall–Kier alpha value is -3.29. The highest BCUT2D eigenvalue weighted by Crippen LogP contribution is 2.25. The molecule has 0 fully saturated rings. The average Bonchev–Trinajstić information content (AvgIpc) is 2.74. The Morgan fingerprint density at radius 2 is 1.77 bits per heavy atom. The Balaban J connectivity index is 1.80. The molecule has 0 aliphatic carbocycles. The number of carbonyl (C=O) groups is 1. The molecule has 0 atom stereocenters. The Kier molecular flexibility index (Phi) is 6.76. The van der Waals surface area contributed by atoms with E-state index >= 15 is 0 Å². The van der Waals surface area contributed by atoms with Crippen molar-refractivity contribution < 1.29 is 17.9 Å². The van der Waals surface area contributed by atoms with E-state index in [1.54, 1.807) is 48.5 Å². The molecular weight excluding hydrogens is 424 g/mol. The molecule has 0 aliphatic heterocycles. The molecule has 3 aromatic carbocycles. The molecule has 0 heterocycles. The van der Waals surface area contributed by atoms with Gasteiger partial charge in [-0.25, -0.2) is 8.42 Å². The lowest BCUT2D eigenvalue weighted by Crippen LogP contribution is -2.15. The minimum Gasteiger partial charge on any atom is -0.489 e. The monoisotopic (exact) mass is 442 g/mol. The highest BCUT2D eigenvalue weighted by molar-refractivity contribution is 7.92. The molecule has 8 heteroatoms. The topological polar surface area (TPSA) is 84.5 Å². The summed E-state index contributed by atoms with van der Waals surface area (Å²) in [5.74, 6) is 0.0878. The first-order valence-corrected chi connectivity index (χ1v) is 10.8. The summed E-state index contributed by atoms with van der Waals surface area (Å²) >= 11 is 6.17. The van der Waals surface area contributed by atoms with Gasteiger partial charge in [-0.15, -0.1) is 0 Å². The minimum absolute atomic E-state index is 0.113. The van der Waals surface area contributed by atoms with Gasteiger partial charge in [0.2, 0.25) is 0 Å². The van der Waals surface area contributed by atoms with Crippen LogP contribution in [0.2, 0.25) is 5.02 Å². The van der Waals surface area contributed by atoms with Crippen molar-refractivity contribution in [3.05, 3.63) is 96.0 Å². The molecule has 1 amide bonds. The van der Waals surface area contributed by atoms with Gasteiger partial charge < -0.3 is 10.1 Å². The number of anilines is 2. The second-order valence-corrected chi connectivity index (χ2v) is 8.28. The molecule has 3 aromatic rings. The lowest BCUT2D eigenvalue weighted by atomic mass is 10.2. The van der Waals surface area contributed by atoms with Crippen molar-refractivity contribution in [3.8, 4) is 5.75 Å². The summed E-state index contributed by atoms with van der Waals surface area (Å²) in [5, 5.41) is 2.92. The largest absolute Gasteiger partial charge is 0.489 e. The van der Waals surface area contributed by atoms with Gasteiger partial charge in [-0.2, -0.15) is 0 Å². The van der Waals surface area contributed by atoms with Gasteiger partial charge in [0, 0.05) is 17.4 Å². The number of benzene rings is 3. The van der Waals surface area contributed by atoms with E-state index in [0.29, 0.717) is 18.0 Å². The second-order valence-electron chi connectivity index (χ2n) is 6.19. The molecule has 154 valence electrons. The predicted octanol–water partition coefficient (Wildman–Crippen LogP) is 4.96. The lowest BCUT2D eigenvalue weighted by Gasteiger charge is -2.12. The van der Waals surface area contributed by atoms with Crippen LogP contribution in [0, 0.1) is 0 Å². The van der Waals surface area contributed by atoms with Gasteiger partial charge in [-0.05, 0) is 42.5 Å². The summed E-state index contributed by atoms with van der Waals surface area (Å²) in [6, 6.07) is 19.1. The molecule has 0 aromatic heterocycles. The van der Waals surface area contributed by atoms with Crippen molar-refractivity contribution in [3.63, 3.8) is 0 Å².